The first kappa shape index (κ1) is 12.3. The molecule has 1 unspecified atom stereocenters. The molecule has 0 saturated carbocycles. The predicted molar refractivity (Wildman–Crippen MR) is 59.6 cm³/mol. The van der Waals surface area contributed by atoms with Crippen molar-refractivity contribution in [3.8, 4) is 0 Å². The van der Waals surface area contributed by atoms with Crippen LogP contribution < -0.4 is 5.32 Å². The molecule has 1 N–H and O–H groups in total. The highest BCUT2D eigenvalue weighted by atomic mass is 15.0. The van der Waals surface area contributed by atoms with E-state index in [0.29, 0.717) is 12.7 Å². The molecule has 0 aliphatic rings. The molecule has 0 saturated heterocycles. The highest BCUT2D eigenvalue weighted by Gasteiger charge is 1.92. The van der Waals surface area contributed by atoms with Crippen LogP contribution in [0, 0.1) is 0 Å². The van der Waals surface area contributed by atoms with Crippen LogP contribution in [0.2, 0.25) is 0 Å². The summed E-state index contributed by atoms with van der Waals surface area (Å²) >= 11 is 0. The van der Waals surface area contributed by atoms with E-state index in [0.717, 1.165) is 18.6 Å². The summed E-state index contributed by atoms with van der Waals surface area (Å²) in [5.74, 6) is 0. The van der Waals surface area contributed by atoms with Gasteiger partial charge in [-0.2, -0.15) is 0 Å². The quantitative estimate of drug-likeness (QED) is 0.497. The Balaban J connectivity index is 3.52. The van der Waals surface area contributed by atoms with E-state index in [-0.39, 0.29) is 0 Å². The fourth-order valence-electron chi connectivity index (χ4n) is 0.624. The Kier molecular flexibility index (Phi) is 7.50. The zero-order chi connectivity index (χ0) is 10.1. The minimum Gasteiger partial charge on any atom is -0.296 e. The lowest BCUT2D eigenvalue weighted by Gasteiger charge is -2.06. The van der Waals surface area contributed by atoms with Crippen molar-refractivity contribution in [2.75, 3.05) is 6.67 Å². The maximum Gasteiger partial charge on any atom is 0.111 e. The number of nitrogens with one attached hydrogen (secondary N) is 1. The van der Waals surface area contributed by atoms with Crippen LogP contribution in [0.1, 0.15) is 40.5 Å². The number of hydrogen-bond donors (Lipinski definition) is 1. The summed E-state index contributed by atoms with van der Waals surface area (Å²) in [6, 6.07) is 0.536. The van der Waals surface area contributed by atoms with Gasteiger partial charge in [-0.15, -0.1) is 0 Å². The highest BCUT2D eigenvalue weighted by Crippen LogP contribution is 1.86. The molecule has 0 amide bonds. The molecule has 0 fully saturated rings. The average molecular weight is 183 g/mol. The van der Waals surface area contributed by atoms with Gasteiger partial charge >= 0.3 is 0 Å². The summed E-state index contributed by atoms with van der Waals surface area (Å²) in [6.07, 6.45) is 3.76. The zero-order valence-electron chi connectivity index (χ0n) is 9.17. The third kappa shape index (κ3) is 7.65. The lowest BCUT2D eigenvalue weighted by Crippen LogP contribution is -2.25. The van der Waals surface area contributed by atoms with Crippen molar-refractivity contribution in [1.82, 2.24) is 5.32 Å². The molecule has 3 nitrogen and oxygen atoms in total. The molecule has 0 aromatic heterocycles. The van der Waals surface area contributed by atoms with Gasteiger partial charge in [-0.1, -0.05) is 13.8 Å². The van der Waals surface area contributed by atoms with Crippen molar-refractivity contribution in [1.29, 1.82) is 0 Å². The third-order valence-corrected chi connectivity index (χ3v) is 2.01. The van der Waals surface area contributed by atoms with Crippen LogP contribution in [0.5, 0.6) is 0 Å². The van der Waals surface area contributed by atoms with Crippen molar-refractivity contribution in [2.45, 2.75) is 46.6 Å². The van der Waals surface area contributed by atoms with Gasteiger partial charge in [0.25, 0.3) is 0 Å². The van der Waals surface area contributed by atoms with Crippen LogP contribution >= 0.6 is 0 Å². The smallest absolute Gasteiger partial charge is 0.111 e. The van der Waals surface area contributed by atoms with Gasteiger partial charge in [-0.3, -0.25) is 10.3 Å². The topological polar surface area (TPSA) is 36.8 Å². The number of aliphatic imine (C=N–C) groups is 2. The largest absolute Gasteiger partial charge is 0.296 e. The molecule has 0 aliphatic carbocycles. The second-order valence-corrected chi connectivity index (χ2v) is 3.19. The van der Waals surface area contributed by atoms with Gasteiger partial charge in [0.15, 0.2) is 0 Å². The third-order valence-electron chi connectivity index (χ3n) is 2.01. The van der Waals surface area contributed by atoms with Gasteiger partial charge in [-0.05, 0) is 26.7 Å². The van der Waals surface area contributed by atoms with Gasteiger partial charge < -0.3 is 0 Å². The Bertz CT molecular complexity index is 173. The van der Waals surface area contributed by atoms with Crippen LogP contribution in [0.15, 0.2) is 9.98 Å². The number of rotatable bonds is 6. The summed E-state index contributed by atoms with van der Waals surface area (Å²) in [5, 5.41) is 3.26. The van der Waals surface area contributed by atoms with Crippen molar-refractivity contribution in [2.24, 2.45) is 9.98 Å². The molecule has 0 aliphatic heterocycles. The Hall–Kier alpha value is -0.700. The summed E-state index contributed by atoms with van der Waals surface area (Å²) in [6.45, 7) is 9.06. The summed E-state index contributed by atoms with van der Waals surface area (Å²) in [5.41, 5.74) is 1.12. The first-order valence-corrected chi connectivity index (χ1v) is 4.95. The highest BCUT2D eigenvalue weighted by molar-refractivity contribution is 5.88. The minimum atomic E-state index is 0.536. The van der Waals surface area contributed by atoms with E-state index >= 15 is 0 Å². The van der Waals surface area contributed by atoms with Crippen molar-refractivity contribution in [3.63, 3.8) is 0 Å². The van der Waals surface area contributed by atoms with E-state index in [1.165, 1.54) is 0 Å². The molecular formula is C10H21N3. The molecule has 0 aromatic carbocycles. The Morgan fingerprint density at radius 1 is 1.46 bits per heavy atom. The first-order valence-electron chi connectivity index (χ1n) is 4.95. The van der Waals surface area contributed by atoms with E-state index in [1.54, 1.807) is 6.34 Å². The van der Waals surface area contributed by atoms with Gasteiger partial charge in [0.2, 0.25) is 0 Å². The van der Waals surface area contributed by atoms with E-state index in [2.05, 4.69) is 36.1 Å². The van der Waals surface area contributed by atoms with Gasteiger partial charge in [-0.25, -0.2) is 4.99 Å². The molecule has 0 spiro atoms. The minimum absolute atomic E-state index is 0.536. The van der Waals surface area contributed by atoms with Crippen molar-refractivity contribution < 1.29 is 0 Å². The fourth-order valence-corrected chi connectivity index (χ4v) is 0.624. The fraction of sp³-hybridized carbons (Fsp3) is 0.800. The van der Waals surface area contributed by atoms with Gasteiger partial charge in [0, 0.05) is 11.8 Å². The van der Waals surface area contributed by atoms with Crippen LogP contribution in [0.25, 0.3) is 0 Å². The monoisotopic (exact) mass is 183 g/mol. The molecule has 3 heteroatoms. The maximum atomic E-state index is 4.15. The van der Waals surface area contributed by atoms with Crippen LogP contribution in [-0.4, -0.2) is 24.8 Å². The van der Waals surface area contributed by atoms with Crippen LogP contribution in [-0.2, 0) is 0 Å². The molecule has 0 heterocycles. The summed E-state index contributed by atoms with van der Waals surface area (Å²) in [4.78, 5) is 8.27. The molecule has 0 aromatic rings. The van der Waals surface area contributed by atoms with Crippen LogP contribution in [0.4, 0.5) is 0 Å². The molecular weight excluding hydrogens is 162 g/mol. The number of nitrogens with zero attached hydrogens (tertiary/aromatic N) is 2. The van der Waals surface area contributed by atoms with Crippen molar-refractivity contribution in [3.05, 3.63) is 0 Å². The lowest BCUT2D eigenvalue weighted by atomic mass is 10.3. The molecule has 0 radical (unpaired) electrons. The molecule has 0 rings (SSSR count). The standard InChI is InChI=1S/C10H21N3/c1-5-9(3)12-7-11-8-13-10(4)6-2/h7,10,13H,5-6,8H2,1-4H3. The van der Waals surface area contributed by atoms with E-state index in [4.69, 9.17) is 0 Å². The van der Waals surface area contributed by atoms with Crippen molar-refractivity contribution >= 4 is 12.1 Å². The van der Waals surface area contributed by atoms with E-state index in [1.807, 2.05) is 6.92 Å². The normalized spacial score (nSPS) is 15.2. The summed E-state index contributed by atoms with van der Waals surface area (Å²) < 4.78 is 0. The maximum absolute atomic E-state index is 4.15. The van der Waals surface area contributed by atoms with Gasteiger partial charge in [0.05, 0.1) is 6.67 Å². The van der Waals surface area contributed by atoms with E-state index < -0.39 is 0 Å². The lowest BCUT2D eigenvalue weighted by molar-refractivity contribution is 0.547. The second-order valence-electron chi connectivity index (χ2n) is 3.19. The Morgan fingerprint density at radius 3 is 2.69 bits per heavy atom. The second kappa shape index (κ2) is 7.92. The average Bonchev–Trinajstić information content (AvgIpc) is 2.16. The first-order chi connectivity index (χ1) is 6.20. The summed E-state index contributed by atoms with van der Waals surface area (Å²) in [7, 11) is 0. The number of hydrogen-bond acceptors (Lipinski definition) is 2. The van der Waals surface area contributed by atoms with E-state index in [9.17, 15) is 0 Å². The molecule has 0 bridgehead atoms. The van der Waals surface area contributed by atoms with Crippen LogP contribution in [0.3, 0.4) is 0 Å². The molecule has 76 valence electrons. The SMILES string of the molecule is CCC(C)=NC=NCNC(C)CC. The Labute approximate surface area is 81.4 Å². The molecule has 13 heavy (non-hydrogen) atoms. The zero-order valence-corrected chi connectivity index (χ0v) is 9.17. The molecule has 1 atom stereocenters. The Morgan fingerprint density at radius 2 is 2.15 bits per heavy atom. The predicted octanol–water partition coefficient (Wildman–Crippen LogP) is 2.23. The van der Waals surface area contributed by atoms with Gasteiger partial charge in [0.1, 0.15) is 6.34 Å².